The summed E-state index contributed by atoms with van der Waals surface area (Å²) >= 11 is 0. The van der Waals surface area contributed by atoms with E-state index in [0.717, 1.165) is 0 Å². The van der Waals surface area contributed by atoms with Gasteiger partial charge in [0.1, 0.15) is 47.0 Å². The molecule has 0 bridgehead atoms. The third-order valence-corrected chi connectivity index (χ3v) is 13.1. The van der Waals surface area contributed by atoms with Crippen LogP contribution in [-0.4, -0.2) is 172 Å². The van der Waals surface area contributed by atoms with Crippen LogP contribution in [0.15, 0.2) is 30.5 Å². The molecule has 0 radical (unpaired) electrons. The Balaban J connectivity index is 1.72. The summed E-state index contributed by atoms with van der Waals surface area (Å²) in [6, 6.07) is -0.119. The molecule has 9 amide bonds. The minimum Gasteiger partial charge on any atom is -0.480 e. The fourth-order valence-electron chi connectivity index (χ4n) is 9.06. The van der Waals surface area contributed by atoms with Crippen molar-refractivity contribution in [2.45, 2.75) is 206 Å². The van der Waals surface area contributed by atoms with Crippen molar-refractivity contribution in [1.82, 2.24) is 52.0 Å². The van der Waals surface area contributed by atoms with Crippen LogP contribution in [0.4, 0.5) is 14.4 Å². The Morgan fingerprint density at radius 1 is 0.635 bits per heavy atom. The normalized spacial score (nSPS) is 15.3. The maximum absolute atomic E-state index is 14.5. The fourth-order valence-corrected chi connectivity index (χ4v) is 9.06. The second kappa shape index (κ2) is 33.8. The molecule has 2 aromatic rings. The maximum Gasteiger partial charge on any atom is 0.419 e. The number of aromatic nitrogens is 1. The number of nitrogens with one attached hydrogen (secondary N) is 8. The summed E-state index contributed by atoms with van der Waals surface area (Å²) in [6.45, 7) is 18.4. The van der Waals surface area contributed by atoms with E-state index < -0.39 is 138 Å². The van der Waals surface area contributed by atoms with Crippen molar-refractivity contribution in [2.24, 2.45) is 17.4 Å². The monoisotopic (exact) mass is 1200 g/mol. The summed E-state index contributed by atoms with van der Waals surface area (Å²) in [5, 5.41) is 31.3. The summed E-state index contributed by atoms with van der Waals surface area (Å²) in [5.74, 6) is -6.86. The summed E-state index contributed by atoms with van der Waals surface area (Å²) in [4.78, 5) is 147. The Kier molecular flexibility index (Phi) is 28.5. The van der Waals surface area contributed by atoms with Gasteiger partial charge in [-0.15, -0.1) is 0 Å². The number of hydrogen-bond acceptors (Lipinski definition) is 16. The summed E-state index contributed by atoms with van der Waals surface area (Å²) in [6.07, 6.45) is 2.73. The Bertz CT molecular complexity index is 2620. The largest absolute Gasteiger partial charge is 0.480 e. The molecule has 1 aliphatic rings. The number of carbonyl (C=O) groups excluding carboxylic acids is 10. The zero-order chi connectivity index (χ0) is 63.8. The van der Waals surface area contributed by atoms with Gasteiger partial charge in [-0.05, 0) is 163 Å². The molecule has 0 saturated carbocycles. The Morgan fingerprint density at radius 3 is 1.69 bits per heavy atom. The van der Waals surface area contributed by atoms with Crippen molar-refractivity contribution in [3.8, 4) is 0 Å². The zero-order valence-corrected chi connectivity index (χ0v) is 51.4. The number of nitrogens with zero attached hydrogens (tertiary/aromatic N) is 2. The molecule has 85 heavy (non-hydrogen) atoms. The lowest BCUT2D eigenvalue weighted by molar-refractivity contribution is -0.142. The third kappa shape index (κ3) is 26.1. The van der Waals surface area contributed by atoms with Gasteiger partial charge in [-0.25, -0.2) is 19.2 Å². The average molecular weight is 1200 g/mol. The second-order valence-corrected chi connectivity index (χ2v) is 24.5. The van der Waals surface area contributed by atoms with Crippen LogP contribution in [0.1, 0.15) is 152 Å². The average Bonchev–Trinajstić information content (AvgIpc) is 2.21. The van der Waals surface area contributed by atoms with Crippen molar-refractivity contribution in [3.05, 3.63) is 36.0 Å². The maximum atomic E-state index is 14.5. The standard InChI is InChI=1S/C58H94N12O15/c1-35(2)46(50(76)64-33-44(71)65-39(22-15-18-28-61-53(80)83-56(3,4)5)48(74)67-41(52(78)79)24-14-17-27-59)68-49(75)43-26-20-30-69(43)51(77)40(23-16-19-29-62-54(81)84-57(6,7)8)66-45(72)32-63-47(73)38(60)31-36-34-70(55(82)85-58(9,10)11)42-25-13-12-21-37(36)42/h12-13,21,25,34-35,38-41,43,46H,14-20,22-24,26-33,59-60H2,1-11H3,(H,61,80)(H,62,81)(H,63,73)(H,64,76)(H,65,71)(H,66,72)(H,67,74)(H,68,75)(H,78,79)/t38-,39-,40-,41-,43-,46-/m0/s1. The van der Waals surface area contributed by atoms with E-state index in [9.17, 15) is 57.8 Å². The Morgan fingerprint density at radius 2 is 1.15 bits per heavy atom. The molecule has 6 atom stereocenters. The number of carboxylic acids is 1. The topological polar surface area (TPSA) is 392 Å². The van der Waals surface area contributed by atoms with Crippen molar-refractivity contribution < 1.29 is 72.1 Å². The number of nitrogens with two attached hydrogens (primary N) is 2. The van der Waals surface area contributed by atoms with E-state index in [0.29, 0.717) is 68.0 Å². The highest BCUT2D eigenvalue weighted by molar-refractivity contribution is 5.97. The number of benzene rings is 1. The van der Waals surface area contributed by atoms with Crippen LogP contribution >= 0.6 is 0 Å². The van der Waals surface area contributed by atoms with Crippen LogP contribution in [0.25, 0.3) is 10.9 Å². The molecular weight excluding hydrogens is 1100 g/mol. The van der Waals surface area contributed by atoms with Crippen molar-refractivity contribution >= 4 is 76.5 Å². The van der Waals surface area contributed by atoms with E-state index in [-0.39, 0.29) is 51.7 Å². The van der Waals surface area contributed by atoms with Crippen molar-refractivity contribution in [1.29, 1.82) is 0 Å². The number of hydrogen-bond donors (Lipinski definition) is 11. The van der Waals surface area contributed by atoms with E-state index in [4.69, 9.17) is 25.7 Å². The number of ether oxygens (including phenoxy) is 3. The van der Waals surface area contributed by atoms with Gasteiger partial charge in [0.25, 0.3) is 0 Å². The second-order valence-electron chi connectivity index (χ2n) is 24.5. The minimum atomic E-state index is -1.28. The molecule has 0 unspecified atom stereocenters. The van der Waals surface area contributed by atoms with E-state index in [2.05, 4.69) is 42.5 Å². The smallest absolute Gasteiger partial charge is 0.419 e. The fraction of sp³-hybridized carbons (Fsp3) is 0.672. The molecule has 1 fully saturated rings. The van der Waals surface area contributed by atoms with Gasteiger partial charge in [-0.3, -0.25) is 38.1 Å². The number of rotatable bonds is 31. The number of carboxylic acid groups (broad SMARTS) is 1. The molecule has 0 aliphatic carbocycles. The van der Waals surface area contributed by atoms with E-state index in [1.165, 1.54) is 9.47 Å². The predicted molar refractivity (Wildman–Crippen MR) is 315 cm³/mol. The molecule has 13 N–H and O–H groups in total. The first kappa shape index (κ1) is 71.7. The van der Waals surface area contributed by atoms with E-state index in [1.807, 2.05) is 0 Å². The van der Waals surface area contributed by atoms with Crippen LogP contribution in [0, 0.1) is 5.92 Å². The van der Waals surface area contributed by atoms with Gasteiger partial charge in [-0.1, -0.05) is 32.0 Å². The van der Waals surface area contributed by atoms with E-state index in [1.54, 1.807) is 107 Å². The van der Waals surface area contributed by atoms with Gasteiger partial charge in [0.2, 0.25) is 41.4 Å². The van der Waals surface area contributed by atoms with Gasteiger partial charge in [0.05, 0.1) is 24.6 Å². The predicted octanol–water partition coefficient (Wildman–Crippen LogP) is 2.72. The van der Waals surface area contributed by atoms with E-state index >= 15 is 0 Å². The number of para-hydroxylation sites is 1. The molecular formula is C58H94N12O15. The SMILES string of the molecule is CC(C)[C@H](NC(=O)[C@@H]1CCCN1C(=O)[C@H](CCCCNC(=O)OC(C)(C)C)NC(=O)CNC(=O)[C@@H](N)Cc1cn(C(=O)OC(C)(C)C)c2ccccc12)C(=O)NCC(=O)N[C@@H](CCCCNC(=O)OC(C)(C)C)C(=O)N[C@@H](CCCCN)C(=O)O. The van der Waals surface area contributed by atoms with Crippen LogP contribution in [0.2, 0.25) is 0 Å². The molecule has 0 spiro atoms. The summed E-state index contributed by atoms with van der Waals surface area (Å²) in [5.41, 5.74) is 10.8. The summed E-state index contributed by atoms with van der Waals surface area (Å²) in [7, 11) is 0. The first-order valence-electron chi connectivity index (χ1n) is 29.2. The number of aliphatic carboxylic acids is 1. The number of unbranched alkanes of at least 4 members (excludes halogenated alkanes) is 3. The lowest BCUT2D eigenvalue weighted by Crippen LogP contribution is -2.58. The number of likely N-dealkylation sites (tertiary alicyclic amines) is 1. The third-order valence-electron chi connectivity index (χ3n) is 13.1. The highest BCUT2D eigenvalue weighted by atomic mass is 16.6. The molecule has 3 rings (SSSR count). The number of fused-ring (bicyclic) bond motifs is 1. The first-order chi connectivity index (χ1) is 39.7. The zero-order valence-electron chi connectivity index (χ0n) is 51.4. The molecule has 1 aliphatic heterocycles. The van der Waals surface area contributed by atoms with Crippen LogP contribution in [0.3, 0.4) is 0 Å². The summed E-state index contributed by atoms with van der Waals surface area (Å²) < 4.78 is 17.5. The molecule has 1 aromatic heterocycles. The molecule has 27 heteroatoms. The van der Waals surface area contributed by atoms with Gasteiger partial charge in [0, 0.05) is 31.2 Å². The van der Waals surface area contributed by atoms with Gasteiger partial charge in [0.15, 0.2) is 0 Å². The quantitative estimate of drug-likeness (QED) is 0.0382. The lowest BCUT2D eigenvalue weighted by Gasteiger charge is -2.30. The molecule has 27 nitrogen and oxygen atoms in total. The van der Waals surface area contributed by atoms with Crippen LogP contribution in [0.5, 0.6) is 0 Å². The molecule has 2 heterocycles. The van der Waals surface area contributed by atoms with Gasteiger partial charge in [-0.2, -0.15) is 0 Å². The number of amides is 9. The Hall–Kier alpha value is -7.55. The Labute approximate surface area is 498 Å². The molecule has 1 aromatic carbocycles. The highest BCUT2D eigenvalue weighted by Gasteiger charge is 2.40. The van der Waals surface area contributed by atoms with Gasteiger partial charge >= 0.3 is 24.2 Å². The molecule has 476 valence electrons. The lowest BCUT2D eigenvalue weighted by atomic mass is 10.0. The minimum absolute atomic E-state index is 0.00917. The van der Waals surface area contributed by atoms with Gasteiger partial charge < -0.3 is 78.2 Å². The number of carbonyl (C=O) groups is 11. The van der Waals surface area contributed by atoms with Crippen molar-refractivity contribution in [3.63, 3.8) is 0 Å². The molecule has 1 saturated heterocycles. The van der Waals surface area contributed by atoms with Crippen LogP contribution in [-0.2, 0) is 59.0 Å². The van der Waals surface area contributed by atoms with Crippen LogP contribution < -0.4 is 54.0 Å². The van der Waals surface area contributed by atoms with Crippen molar-refractivity contribution in [2.75, 3.05) is 39.3 Å². The first-order valence-corrected chi connectivity index (χ1v) is 29.2. The number of alkyl carbamates (subject to hydrolysis) is 2. The highest BCUT2D eigenvalue weighted by Crippen LogP contribution is 2.25.